The minimum atomic E-state index is -4.57. The standard InChI is InChI=1S/C17H20F3NO/c1-10-15(2,3)14(16(10,4)5)22-12-7-6-11(9-21)13(8-12)17(18,19)20/h6-8,10,14H,1-5H3/t10-,14-. The first-order valence-corrected chi connectivity index (χ1v) is 7.20. The molecule has 0 aliphatic heterocycles. The Morgan fingerprint density at radius 3 is 2.14 bits per heavy atom. The molecule has 0 atom stereocenters. The Kier molecular flexibility index (Phi) is 3.72. The molecule has 0 heterocycles. The predicted octanol–water partition coefficient (Wildman–Crippen LogP) is 5.03. The molecule has 0 aromatic heterocycles. The van der Waals surface area contributed by atoms with Gasteiger partial charge in [0.1, 0.15) is 11.9 Å². The van der Waals surface area contributed by atoms with Gasteiger partial charge in [-0.3, -0.25) is 0 Å². The molecule has 1 aromatic rings. The number of halogens is 3. The quantitative estimate of drug-likeness (QED) is 0.767. The molecule has 0 radical (unpaired) electrons. The smallest absolute Gasteiger partial charge is 0.417 e. The maximum Gasteiger partial charge on any atom is 0.417 e. The van der Waals surface area contributed by atoms with Gasteiger partial charge in [-0.05, 0) is 24.1 Å². The molecule has 5 heteroatoms. The van der Waals surface area contributed by atoms with Crippen LogP contribution in [0, 0.1) is 28.1 Å². The summed E-state index contributed by atoms with van der Waals surface area (Å²) in [6.45, 7) is 10.4. The minimum Gasteiger partial charge on any atom is -0.489 e. The van der Waals surface area contributed by atoms with Crippen molar-refractivity contribution in [1.82, 2.24) is 0 Å². The molecule has 2 nitrogen and oxygen atoms in total. The SMILES string of the molecule is CC1(C)[C@H](C)C(C)(C)[C@H]1Oc1ccc(C#N)c(C(F)(F)F)c1. The summed E-state index contributed by atoms with van der Waals surface area (Å²) >= 11 is 0. The van der Waals surface area contributed by atoms with Crippen molar-refractivity contribution in [2.45, 2.75) is 46.9 Å². The van der Waals surface area contributed by atoms with Gasteiger partial charge in [0.05, 0.1) is 17.2 Å². The second kappa shape index (κ2) is 4.91. The van der Waals surface area contributed by atoms with E-state index in [0.717, 1.165) is 6.07 Å². The summed E-state index contributed by atoms with van der Waals surface area (Å²) in [5.41, 5.74) is -1.57. The second-order valence-electron chi connectivity index (χ2n) is 7.18. The molecular formula is C17H20F3NO. The molecule has 120 valence electrons. The molecule has 0 unspecified atom stereocenters. The van der Waals surface area contributed by atoms with Crippen molar-refractivity contribution in [2.24, 2.45) is 16.7 Å². The highest BCUT2D eigenvalue weighted by Gasteiger charge is 2.61. The zero-order chi connectivity index (χ0) is 16.9. The number of ether oxygens (including phenoxy) is 1. The molecule has 1 saturated carbocycles. The van der Waals surface area contributed by atoms with E-state index in [0.29, 0.717) is 5.92 Å². The van der Waals surface area contributed by atoms with E-state index in [4.69, 9.17) is 10.00 Å². The first-order chi connectivity index (χ1) is 9.92. The van der Waals surface area contributed by atoms with E-state index < -0.39 is 11.7 Å². The fourth-order valence-corrected chi connectivity index (χ4v) is 3.64. The van der Waals surface area contributed by atoms with Crippen LogP contribution in [-0.2, 0) is 6.18 Å². The summed E-state index contributed by atoms with van der Waals surface area (Å²) in [6.07, 6.45) is -4.74. The van der Waals surface area contributed by atoms with Crippen LogP contribution in [0.1, 0.15) is 45.7 Å². The van der Waals surface area contributed by atoms with E-state index in [2.05, 4.69) is 34.6 Å². The average Bonchev–Trinajstić information content (AvgIpc) is 2.42. The lowest BCUT2D eigenvalue weighted by Gasteiger charge is -2.62. The van der Waals surface area contributed by atoms with Crippen molar-refractivity contribution in [2.75, 3.05) is 0 Å². The van der Waals surface area contributed by atoms with Gasteiger partial charge in [-0.1, -0.05) is 34.6 Å². The van der Waals surface area contributed by atoms with Gasteiger partial charge in [0, 0.05) is 10.8 Å². The highest BCUT2D eigenvalue weighted by Crippen LogP contribution is 2.59. The van der Waals surface area contributed by atoms with Crippen molar-refractivity contribution >= 4 is 0 Å². The van der Waals surface area contributed by atoms with E-state index in [1.807, 2.05) is 0 Å². The van der Waals surface area contributed by atoms with E-state index in [9.17, 15) is 13.2 Å². The first kappa shape index (κ1) is 16.7. The van der Waals surface area contributed by atoms with Gasteiger partial charge in [0.15, 0.2) is 0 Å². The van der Waals surface area contributed by atoms with E-state index in [1.165, 1.54) is 12.1 Å². The number of hydrogen-bond acceptors (Lipinski definition) is 2. The molecular weight excluding hydrogens is 291 g/mol. The zero-order valence-corrected chi connectivity index (χ0v) is 13.4. The maximum atomic E-state index is 13.0. The molecule has 1 fully saturated rings. The lowest BCUT2D eigenvalue weighted by atomic mass is 9.46. The summed E-state index contributed by atoms with van der Waals surface area (Å²) < 4.78 is 44.9. The number of hydrogen-bond donors (Lipinski definition) is 0. The number of benzene rings is 1. The summed E-state index contributed by atoms with van der Waals surface area (Å²) in [6, 6.07) is 5.10. The van der Waals surface area contributed by atoms with E-state index in [-0.39, 0.29) is 28.2 Å². The first-order valence-electron chi connectivity index (χ1n) is 7.20. The summed E-state index contributed by atoms with van der Waals surface area (Å²) in [5, 5.41) is 8.82. The largest absolute Gasteiger partial charge is 0.489 e. The highest BCUT2D eigenvalue weighted by atomic mass is 19.4. The van der Waals surface area contributed by atoms with Gasteiger partial charge >= 0.3 is 6.18 Å². The lowest BCUT2D eigenvalue weighted by Crippen LogP contribution is -2.64. The Morgan fingerprint density at radius 2 is 1.68 bits per heavy atom. The fourth-order valence-electron chi connectivity index (χ4n) is 3.64. The Morgan fingerprint density at radius 1 is 1.14 bits per heavy atom. The third-order valence-corrected chi connectivity index (χ3v) is 5.25. The van der Waals surface area contributed by atoms with Crippen molar-refractivity contribution in [3.8, 4) is 11.8 Å². The normalized spacial score (nSPS) is 26.0. The van der Waals surface area contributed by atoms with Gasteiger partial charge in [-0.2, -0.15) is 18.4 Å². The fraction of sp³-hybridized carbons (Fsp3) is 0.588. The molecule has 0 bridgehead atoms. The van der Waals surface area contributed by atoms with E-state index >= 15 is 0 Å². The number of nitrogens with zero attached hydrogens (tertiary/aromatic N) is 1. The van der Waals surface area contributed by atoms with Gasteiger partial charge in [-0.15, -0.1) is 0 Å². The van der Waals surface area contributed by atoms with Crippen molar-refractivity contribution in [1.29, 1.82) is 5.26 Å². The third-order valence-electron chi connectivity index (χ3n) is 5.25. The molecule has 1 aromatic carbocycles. The molecule has 0 saturated heterocycles. The average molecular weight is 311 g/mol. The predicted molar refractivity (Wildman–Crippen MR) is 77.3 cm³/mol. The summed E-state index contributed by atoms with van der Waals surface area (Å²) in [5.74, 6) is 0.551. The Hall–Kier alpha value is -1.70. The number of alkyl halides is 3. The highest BCUT2D eigenvalue weighted by molar-refractivity contribution is 5.44. The molecule has 1 aliphatic rings. The molecule has 0 N–H and O–H groups in total. The number of rotatable bonds is 2. The van der Waals surface area contributed by atoms with Gasteiger partial charge in [0.25, 0.3) is 0 Å². The van der Waals surface area contributed by atoms with Crippen LogP contribution < -0.4 is 4.74 Å². The molecule has 22 heavy (non-hydrogen) atoms. The van der Waals surface area contributed by atoms with Crippen LogP contribution in [0.2, 0.25) is 0 Å². The number of nitriles is 1. The zero-order valence-electron chi connectivity index (χ0n) is 13.4. The Balaban J connectivity index is 2.34. The Labute approximate surface area is 128 Å². The van der Waals surface area contributed by atoms with Crippen LogP contribution in [-0.4, -0.2) is 6.10 Å². The maximum absolute atomic E-state index is 13.0. The molecule has 1 aliphatic carbocycles. The summed E-state index contributed by atoms with van der Waals surface area (Å²) in [7, 11) is 0. The van der Waals surface area contributed by atoms with Crippen molar-refractivity contribution in [3.05, 3.63) is 29.3 Å². The molecule has 0 amide bonds. The summed E-state index contributed by atoms with van der Waals surface area (Å²) in [4.78, 5) is 0. The monoisotopic (exact) mass is 311 g/mol. The van der Waals surface area contributed by atoms with Gasteiger partial charge in [0.2, 0.25) is 0 Å². The minimum absolute atomic E-state index is 0.115. The van der Waals surface area contributed by atoms with Crippen molar-refractivity contribution in [3.63, 3.8) is 0 Å². The lowest BCUT2D eigenvalue weighted by molar-refractivity contribution is -0.190. The van der Waals surface area contributed by atoms with Crippen LogP contribution in [0.25, 0.3) is 0 Å². The van der Waals surface area contributed by atoms with Crippen LogP contribution in [0.3, 0.4) is 0 Å². The van der Waals surface area contributed by atoms with Crippen LogP contribution in [0.5, 0.6) is 5.75 Å². The topological polar surface area (TPSA) is 33.0 Å². The molecule has 0 spiro atoms. The van der Waals surface area contributed by atoms with Gasteiger partial charge in [-0.25, -0.2) is 0 Å². The second-order valence-corrected chi connectivity index (χ2v) is 7.18. The Bertz CT molecular complexity index is 610. The van der Waals surface area contributed by atoms with Crippen LogP contribution in [0.4, 0.5) is 13.2 Å². The van der Waals surface area contributed by atoms with Crippen LogP contribution >= 0.6 is 0 Å². The van der Waals surface area contributed by atoms with E-state index in [1.54, 1.807) is 6.07 Å². The van der Waals surface area contributed by atoms with Crippen LogP contribution in [0.15, 0.2) is 18.2 Å². The van der Waals surface area contributed by atoms with Crippen molar-refractivity contribution < 1.29 is 17.9 Å². The van der Waals surface area contributed by atoms with Gasteiger partial charge < -0.3 is 4.74 Å². The molecule has 2 rings (SSSR count). The third kappa shape index (κ3) is 2.45.